The highest BCUT2D eigenvalue weighted by Crippen LogP contribution is 2.23. The highest BCUT2D eigenvalue weighted by molar-refractivity contribution is 6.32. The smallest absolute Gasteiger partial charge is 0.241 e. The molecular weight excluding hydrogens is 226 g/mol. The van der Waals surface area contributed by atoms with E-state index in [2.05, 4.69) is 10.6 Å². The van der Waals surface area contributed by atoms with Crippen molar-refractivity contribution >= 4 is 23.2 Å². The summed E-state index contributed by atoms with van der Waals surface area (Å²) in [6, 6.07) is 6.65. The van der Waals surface area contributed by atoms with Crippen molar-refractivity contribution in [2.45, 2.75) is 13.0 Å². The molecule has 0 aliphatic heterocycles. The van der Waals surface area contributed by atoms with E-state index in [0.717, 1.165) is 0 Å². The molecule has 1 atom stereocenters. The Morgan fingerprint density at radius 3 is 2.81 bits per heavy atom. The van der Waals surface area contributed by atoms with E-state index in [9.17, 15) is 4.79 Å². The number of hydrogen-bond acceptors (Lipinski definition) is 3. The molecule has 0 heterocycles. The maximum absolute atomic E-state index is 11.3. The van der Waals surface area contributed by atoms with Crippen molar-refractivity contribution in [1.82, 2.24) is 5.32 Å². The molecule has 0 saturated carbocycles. The Balaban J connectivity index is 2.94. The Hall–Kier alpha value is -1.73. The van der Waals surface area contributed by atoms with Crippen LogP contribution in [0.5, 0.6) is 0 Å². The Morgan fingerprint density at radius 1 is 1.56 bits per heavy atom. The fourth-order valence-corrected chi connectivity index (χ4v) is 1.49. The molecule has 0 radical (unpaired) electrons. The number of nitrogens with one attached hydrogen (secondary N) is 2. The van der Waals surface area contributed by atoms with Gasteiger partial charge in [0.15, 0.2) is 0 Å². The van der Waals surface area contributed by atoms with Gasteiger partial charge in [0.1, 0.15) is 12.1 Å². The summed E-state index contributed by atoms with van der Waals surface area (Å²) < 4.78 is 0. The largest absolute Gasteiger partial charge is 0.373 e. The normalized spacial score (nSPS) is 11.4. The van der Waals surface area contributed by atoms with Crippen LogP contribution >= 0.6 is 11.6 Å². The molecule has 0 aliphatic carbocycles. The van der Waals surface area contributed by atoms with Gasteiger partial charge in [0.05, 0.1) is 16.3 Å². The molecule has 0 aromatic heterocycles. The van der Waals surface area contributed by atoms with Gasteiger partial charge in [0.25, 0.3) is 0 Å². The average Bonchev–Trinajstić information content (AvgIpc) is 2.28. The second kappa shape index (κ2) is 5.38. The number of rotatable bonds is 3. The Bertz CT molecular complexity index is 439. The van der Waals surface area contributed by atoms with Crippen molar-refractivity contribution in [2.24, 2.45) is 0 Å². The molecule has 0 bridgehead atoms. The number of amides is 1. The molecule has 1 aromatic carbocycles. The Labute approximate surface area is 99.2 Å². The second-order valence-corrected chi connectivity index (χ2v) is 3.66. The van der Waals surface area contributed by atoms with Gasteiger partial charge in [-0.05, 0) is 19.1 Å². The lowest BCUT2D eigenvalue weighted by molar-refractivity contribution is -0.121. The van der Waals surface area contributed by atoms with Crippen molar-refractivity contribution < 1.29 is 4.79 Å². The van der Waals surface area contributed by atoms with Gasteiger partial charge in [-0.2, -0.15) is 5.26 Å². The molecule has 84 valence electrons. The zero-order valence-corrected chi connectivity index (χ0v) is 9.80. The number of nitriles is 1. The van der Waals surface area contributed by atoms with Gasteiger partial charge >= 0.3 is 0 Å². The summed E-state index contributed by atoms with van der Waals surface area (Å²) in [4.78, 5) is 11.3. The van der Waals surface area contributed by atoms with Crippen LogP contribution in [0.2, 0.25) is 5.02 Å². The molecule has 1 amide bonds. The lowest BCUT2D eigenvalue weighted by Gasteiger charge is -2.15. The number of carbonyl (C=O) groups is 1. The number of halogens is 1. The van der Waals surface area contributed by atoms with Crippen LogP contribution in [0.15, 0.2) is 18.2 Å². The summed E-state index contributed by atoms with van der Waals surface area (Å²) in [5.74, 6) is -0.149. The van der Waals surface area contributed by atoms with Crippen LogP contribution < -0.4 is 10.6 Å². The zero-order valence-electron chi connectivity index (χ0n) is 9.04. The summed E-state index contributed by atoms with van der Waals surface area (Å²) >= 11 is 5.86. The van der Waals surface area contributed by atoms with Gasteiger partial charge in [0, 0.05) is 7.05 Å². The fourth-order valence-electron chi connectivity index (χ4n) is 1.27. The third-order valence-corrected chi connectivity index (χ3v) is 2.45. The minimum absolute atomic E-state index is 0.149. The SMILES string of the molecule is CNC(=O)C(C)Nc1cccc(Cl)c1C#N. The molecule has 1 unspecified atom stereocenters. The van der Waals surface area contributed by atoms with Crippen molar-refractivity contribution in [3.05, 3.63) is 28.8 Å². The Kier molecular flexibility index (Phi) is 4.15. The molecular formula is C11H12ClN3O. The predicted molar refractivity (Wildman–Crippen MR) is 63.3 cm³/mol. The number of carbonyl (C=O) groups excluding carboxylic acids is 1. The lowest BCUT2D eigenvalue weighted by Crippen LogP contribution is -2.35. The van der Waals surface area contributed by atoms with E-state index in [1.54, 1.807) is 32.2 Å². The number of likely N-dealkylation sites (N-methyl/N-ethyl adjacent to an activating group) is 1. The van der Waals surface area contributed by atoms with E-state index >= 15 is 0 Å². The first-order chi connectivity index (χ1) is 7.60. The quantitative estimate of drug-likeness (QED) is 0.842. The van der Waals surface area contributed by atoms with Gasteiger partial charge in [0.2, 0.25) is 5.91 Å². The van der Waals surface area contributed by atoms with E-state index in [1.165, 1.54) is 0 Å². The van der Waals surface area contributed by atoms with Gasteiger partial charge in [-0.3, -0.25) is 4.79 Å². The van der Waals surface area contributed by atoms with Gasteiger partial charge < -0.3 is 10.6 Å². The zero-order chi connectivity index (χ0) is 12.1. The monoisotopic (exact) mass is 237 g/mol. The minimum Gasteiger partial charge on any atom is -0.373 e. The predicted octanol–water partition coefficient (Wildman–Crippen LogP) is 1.76. The fraction of sp³-hybridized carbons (Fsp3) is 0.273. The maximum atomic E-state index is 11.3. The first kappa shape index (κ1) is 12.3. The van der Waals surface area contributed by atoms with Crippen molar-refractivity contribution in [2.75, 3.05) is 12.4 Å². The third-order valence-electron chi connectivity index (χ3n) is 2.14. The molecule has 4 nitrogen and oxygen atoms in total. The van der Waals surface area contributed by atoms with Crippen LogP contribution in [0.3, 0.4) is 0 Å². The minimum atomic E-state index is -0.421. The topological polar surface area (TPSA) is 64.9 Å². The van der Waals surface area contributed by atoms with E-state index in [0.29, 0.717) is 16.3 Å². The lowest BCUT2D eigenvalue weighted by atomic mass is 10.1. The molecule has 0 aliphatic rings. The molecule has 0 spiro atoms. The van der Waals surface area contributed by atoms with Gasteiger partial charge in [-0.1, -0.05) is 17.7 Å². The van der Waals surface area contributed by atoms with E-state index in [-0.39, 0.29) is 5.91 Å². The third kappa shape index (κ3) is 2.65. The molecule has 0 fully saturated rings. The summed E-state index contributed by atoms with van der Waals surface area (Å²) in [6.45, 7) is 1.71. The first-order valence-electron chi connectivity index (χ1n) is 4.77. The molecule has 2 N–H and O–H groups in total. The molecule has 16 heavy (non-hydrogen) atoms. The van der Waals surface area contributed by atoms with Crippen LogP contribution in [0, 0.1) is 11.3 Å². The van der Waals surface area contributed by atoms with Crippen molar-refractivity contribution in [3.63, 3.8) is 0 Å². The number of nitrogens with zero attached hydrogens (tertiary/aromatic N) is 1. The van der Waals surface area contributed by atoms with Crippen LogP contribution in [-0.4, -0.2) is 19.0 Å². The van der Waals surface area contributed by atoms with Crippen LogP contribution in [0.1, 0.15) is 12.5 Å². The number of hydrogen-bond donors (Lipinski definition) is 2. The van der Waals surface area contributed by atoms with E-state index in [4.69, 9.17) is 16.9 Å². The average molecular weight is 238 g/mol. The summed E-state index contributed by atoms with van der Waals surface area (Å²) in [6.07, 6.45) is 0. The van der Waals surface area contributed by atoms with E-state index in [1.807, 2.05) is 6.07 Å². The van der Waals surface area contributed by atoms with Crippen LogP contribution in [-0.2, 0) is 4.79 Å². The molecule has 0 saturated heterocycles. The molecule has 1 aromatic rings. The van der Waals surface area contributed by atoms with Crippen LogP contribution in [0.25, 0.3) is 0 Å². The first-order valence-corrected chi connectivity index (χ1v) is 5.14. The van der Waals surface area contributed by atoms with E-state index < -0.39 is 6.04 Å². The van der Waals surface area contributed by atoms with Crippen molar-refractivity contribution in [1.29, 1.82) is 5.26 Å². The Morgan fingerprint density at radius 2 is 2.25 bits per heavy atom. The molecule has 5 heteroatoms. The highest BCUT2D eigenvalue weighted by atomic mass is 35.5. The molecule has 1 rings (SSSR count). The van der Waals surface area contributed by atoms with Gasteiger partial charge in [-0.25, -0.2) is 0 Å². The summed E-state index contributed by atoms with van der Waals surface area (Å²) in [5, 5.41) is 14.8. The number of benzene rings is 1. The van der Waals surface area contributed by atoms with Gasteiger partial charge in [-0.15, -0.1) is 0 Å². The summed E-state index contributed by atoms with van der Waals surface area (Å²) in [7, 11) is 1.56. The maximum Gasteiger partial charge on any atom is 0.241 e. The number of anilines is 1. The van der Waals surface area contributed by atoms with Crippen LogP contribution in [0.4, 0.5) is 5.69 Å². The summed E-state index contributed by atoms with van der Waals surface area (Å²) in [5.41, 5.74) is 0.908. The second-order valence-electron chi connectivity index (χ2n) is 3.25. The van der Waals surface area contributed by atoms with Crippen molar-refractivity contribution in [3.8, 4) is 6.07 Å². The highest BCUT2D eigenvalue weighted by Gasteiger charge is 2.13. The standard InChI is InChI=1S/C11H12ClN3O/c1-7(11(16)14-2)15-10-5-3-4-9(12)8(10)6-13/h3-5,7,15H,1-2H3,(H,14,16).